The highest BCUT2D eigenvalue weighted by atomic mass is 35.5. The van der Waals surface area contributed by atoms with E-state index < -0.39 is 0 Å². The molecule has 1 aromatic carbocycles. The summed E-state index contributed by atoms with van der Waals surface area (Å²) in [5, 5.41) is 1.29. The average Bonchev–Trinajstić information content (AvgIpc) is 2.85. The van der Waals surface area contributed by atoms with Crippen LogP contribution in [0.2, 0.25) is 5.15 Å². The number of amides is 1. The van der Waals surface area contributed by atoms with Crippen molar-refractivity contribution in [3.8, 4) is 0 Å². The Morgan fingerprint density at radius 1 is 1.14 bits per heavy atom. The lowest BCUT2D eigenvalue weighted by Crippen LogP contribution is -2.13. The number of fused-ring (bicyclic) bond motifs is 1. The Balaban J connectivity index is 1.85. The first-order chi connectivity index (χ1) is 10.1. The molecule has 0 aliphatic heterocycles. The van der Waals surface area contributed by atoms with Gasteiger partial charge in [0.25, 0.3) is 0 Å². The molecule has 0 bridgehead atoms. The lowest BCUT2D eigenvalue weighted by atomic mass is 10.1. The van der Waals surface area contributed by atoms with Crippen LogP contribution in [-0.2, 0) is 17.8 Å². The van der Waals surface area contributed by atoms with Crippen molar-refractivity contribution in [3.05, 3.63) is 59.1 Å². The molecule has 0 radical (unpaired) electrons. The minimum atomic E-state index is -0.328. The third kappa shape index (κ3) is 2.87. The molecule has 0 atom stereocenters. The molecule has 1 amide bonds. The molecule has 21 heavy (non-hydrogen) atoms. The summed E-state index contributed by atoms with van der Waals surface area (Å²) in [6.07, 6.45) is 3.65. The topological polar surface area (TPSA) is 73.8 Å². The van der Waals surface area contributed by atoms with Crippen molar-refractivity contribution in [1.82, 2.24) is 14.5 Å². The van der Waals surface area contributed by atoms with Gasteiger partial charge in [0, 0.05) is 12.7 Å². The molecule has 6 heteroatoms. The third-order valence-electron chi connectivity index (χ3n) is 3.26. The Kier molecular flexibility index (Phi) is 3.58. The first kappa shape index (κ1) is 13.6. The third-order valence-corrected chi connectivity index (χ3v) is 3.56. The smallest absolute Gasteiger partial charge is 0.221 e. The molecule has 2 heterocycles. The fourth-order valence-corrected chi connectivity index (χ4v) is 2.45. The number of carbonyl (C=O) groups is 1. The van der Waals surface area contributed by atoms with Crippen LogP contribution in [0.25, 0.3) is 11.0 Å². The maximum absolute atomic E-state index is 10.9. The molecule has 3 aromatic rings. The molecular formula is C15H13ClN4O. The van der Waals surface area contributed by atoms with E-state index in [1.807, 2.05) is 41.1 Å². The Hall–Kier alpha value is -2.40. The van der Waals surface area contributed by atoms with E-state index in [9.17, 15) is 4.79 Å². The largest absolute Gasteiger partial charge is 0.369 e. The van der Waals surface area contributed by atoms with Gasteiger partial charge >= 0.3 is 0 Å². The molecule has 0 aliphatic rings. The lowest BCUT2D eigenvalue weighted by molar-refractivity contribution is -0.117. The van der Waals surface area contributed by atoms with Crippen LogP contribution in [0.5, 0.6) is 0 Å². The van der Waals surface area contributed by atoms with Gasteiger partial charge in [0.15, 0.2) is 0 Å². The number of benzene rings is 1. The highest BCUT2D eigenvalue weighted by molar-refractivity contribution is 6.33. The number of halogens is 1. The van der Waals surface area contributed by atoms with Crippen LogP contribution in [-0.4, -0.2) is 20.4 Å². The monoisotopic (exact) mass is 300 g/mol. The normalized spacial score (nSPS) is 10.9. The molecule has 0 spiro atoms. The van der Waals surface area contributed by atoms with Gasteiger partial charge in [0.2, 0.25) is 5.91 Å². The van der Waals surface area contributed by atoms with E-state index in [0.717, 1.165) is 22.2 Å². The molecule has 0 saturated carbocycles. The lowest BCUT2D eigenvalue weighted by Gasteiger charge is -2.06. The van der Waals surface area contributed by atoms with E-state index in [4.69, 9.17) is 17.3 Å². The molecule has 3 rings (SSSR count). The number of nitrogens with two attached hydrogens (primary N) is 1. The predicted octanol–water partition coefficient (Wildman–Crippen LogP) is 2.16. The van der Waals surface area contributed by atoms with Crippen molar-refractivity contribution in [1.29, 1.82) is 0 Å². The summed E-state index contributed by atoms with van der Waals surface area (Å²) in [5.74, 6) is -0.328. The molecule has 2 aromatic heterocycles. The second-order valence-electron chi connectivity index (χ2n) is 4.80. The van der Waals surface area contributed by atoms with E-state index in [1.54, 1.807) is 0 Å². The number of aromatic nitrogens is 3. The van der Waals surface area contributed by atoms with Crippen LogP contribution in [0.15, 0.2) is 42.9 Å². The Morgan fingerprint density at radius 3 is 2.57 bits per heavy atom. The van der Waals surface area contributed by atoms with E-state index in [1.165, 1.54) is 6.33 Å². The fourth-order valence-electron chi connectivity index (χ4n) is 2.26. The molecule has 106 valence electrons. The zero-order valence-electron chi connectivity index (χ0n) is 11.2. The second kappa shape index (κ2) is 5.54. The Morgan fingerprint density at radius 2 is 1.86 bits per heavy atom. The van der Waals surface area contributed by atoms with Crippen LogP contribution < -0.4 is 5.73 Å². The standard InChI is InChI=1S/C15H13ClN4O/c16-14-12-5-6-20(15(12)19-9-18-14)8-11-3-1-10(2-4-11)7-13(17)21/h1-6,9H,7-8H2,(H2,17,21). The molecule has 0 saturated heterocycles. The van der Waals surface area contributed by atoms with E-state index in [0.29, 0.717) is 11.7 Å². The van der Waals surface area contributed by atoms with Crippen LogP contribution in [0.4, 0.5) is 0 Å². The molecule has 0 aliphatic carbocycles. The summed E-state index contributed by atoms with van der Waals surface area (Å²) >= 11 is 6.03. The number of hydrogen-bond acceptors (Lipinski definition) is 3. The summed E-state index contributed by atoms with van der Waals surface area (Å²) in [5.41, 5.74) is 8.00. The van der Waals surface area contributed by atoms with Gasteiger partial charge in [-0.05, 0) is 17.2 Å². The minimum absolute atomic E-state index is 0.259. The van der Waals surface area contributed by atoms with E-state index in [2.05, 4.69) is 9.97 Å². The number of hydrogen-bond donors (Lipinski definition) is 1. The number of nitrogens with zero attached hydrogens (tertiary/aromatic N) is 3. The predicted molar refractivity (Wildman–Crippen MR) is 81.0 cm³/mol. The van der Waals surface area contributed by atoms with Gasteiger partial charge in [-0.1, -0.05) is 35.9 Å². The van der Waals surface area contributed by atoms with Gasteiger partial charge in [-0.2, -0.15) is 0 Å². The van der Waals surface area contributed by atoms with Gasteiger partial charge in [-0.3, -0.25) is 4.79 Å². The van der Waals surface area contributed by atoms with Crippen molar-refractivity contribution in [2.75, 3.05) is 0 Å². The zero-order valence-corrected chi connectivity index (χ0v) is 11.9. The quantitative estimate of drug-likeness (QED) is 0.750. The molecule has 5 nitrogen and oxygen atoms in total. The number of carbonyl (C=O) groups excluding carboxylic acids is 1. The van der Waals surface area contributed by atoms with Gasteiger partial charge in [0.1, 0.15) is 17.1 Å². The SMILES string of the molecule is NC(=O)Cc1ccc(Cn2ccc3c(Cl)ncnc32)cc1. The van der Waals surface area contributed by atoms with Gasteiger partial charge in [-0.25, -0.2) is 9.97 Å². The highest BCUT2D eigenvalue weighted by Crippen LogP contribution is 2.21. The summed E-state index contributed by atoms with van der Waals surface area (Å²) in [6.45, 7) is 0.674. The maximum Gasteiger partial charge on any atom is 0.221 e. The molecule has 0 fully saturated rings. The highest BCUT2D eigenvalue weighted by Gasteiger charge is 2.07. The summed E-state index contributed by atoms with van der Waals surface area (Å²) in [6, 6.07) is 9.68. The first-order valence-electron chi connectivity index (χ1n) is 6.45. The summed E-state index contributed by atoms with van der Waals surface area (Å²) < 4.78 is 2.01. The van der Waals surface area contributed by atoms with E-state index in [-0.39, 0.29) is 12.3 Å². The second-order valence-corrected chi connectivity index (χ2v) is 5.16. The van der Waals surface area contributed by atoms with Gasteiger partial charge in [0.05, 0.1) is 11.8 Å². The van der Waals surface area contributed by atoms with Crippen molar-refractivity contribution in [2.45, 2.75) is 13.0 Å². The van der Waals surface area contributed by atoms with Gasteiger partial charge in [-0.15, -0.1) is 0 Å². The number of primary amides is 1. The van der Waals surface area contributed by atoms with Crippen LogP contribution in [0.3, 0.4) is 0 Å². The van der Waals surface area contributed by atoms with Crippen molar-refractivity contribution in [3.63, 3.8) is 0 Å². The molecule has 0 unspecified atom stereocenters. The zero-order chi connectivity index (χ0) is 14.8. The van der Waals surface area contributed by atoms with Gasteiger partial charge < -0.3 is 10.3 Å². The van der Waals surface area contributed by atoms with E-state index >= 15 is 0 Å². The fraction of sp³-hybridized carbons (Fsp3) is 0.133. The molecule has 2 N–H and O–H groups in total. The van der Waals surface area contributed by atoms with Crippen LogP contribution in [0.1, 0.15) is 11.1 Å². The summed E-state index contributed by atoms with van der Waals surface area (Å²) in [4.78, 5) is 19.1. The van der Waals surface area contributed by atoms with Crippen LogP contribution in [0, 0.1) is 0 Å². The van der Waals surface area contributed by atoms with Crippen molar-refractivity contribution < 1.29 is 4.79 Å². The molecular weight excluding hydrogens is 288 g/mol. The Labute approximate surface area is 126 Å². The number of rotatable bonds is 4. The average molecular weight is 301 g/mol. The summed E-state index contributed by atoms with van der Waals surface area (Å²) in [7, 11) is 0. The van der Waals surface area contributed by atoms with Crippen molar-refractivity contribution >= 4 is 28.5 Å². The van der Waals surface area contributed by atoms with Crippen molar-refractivity contribution in [2.24, 2.45) is 5.73 Å². The Bertz CT molecular complexity index is 795. The maximum atomic E-state index is 10.9. The van der Waals surface area contributed by atoms with Crippen LogP contribution >= 0.6 is 11.6 Å². The first-order valence-corrected chi connectivity index (χ1v) is 6.83. The minimum Gasteiger partial charge on any atom is -0.369 e.